The van der Waals surface area contributed by atoms with Crippen LogP contribution >= 0.6 is 0 Å². The lowest BCUT2D eigenvalue weighted by Gasteiger charge is -2.27. The van der Waals surface area contributed by atoms with E-state index in [0.717, 1.165) is 12.0 Å². The van der Waals surface area contributed by atoms with Gasteiger partial charge in [0.25, 0.3) is 0 Å². The molecule has 0 aromatic heterocycles. The van der Waals surface area contributed by atoms with Crippen LogP contribution in [0.1, 0.15) is 45.2 Å². The Kier molecular flexibility index (Phi) is 5.20. The van der Waals surface area contributed by atoms with E-state index in [1.165, 1.54) is 0 Å². The molecule has 1 N–H and O–H groups in total. The zero-order chi connectivity index (χ0) is 13.7. The third-order valence-electron chi connectivity index (χ3n) is 3.58. The number of carbonyl (C=O) groups is 1. The first-order valence-corrected chi connectivity index (χ1v) is 6.50. The standard InChI is InChI=1S/C15H23NO2/c1-5-11(2)10-15(18)16(4)12(3)13-8-6-7-9-14(13)17/h6-9,11-12,17H,5,10H2,1-4H3. The first-order chi connectivity index (χ1) is 8.47. The average Bonchev–Trinajstić information content (AvgIpc) is 2.37. The number of amides is 1. The van der Waals surface area contributed by atoms with E-state index in [-0.39, 0.29) is 17.7 Å². The summed E-state index contributed by atoms with van der Waals surface area (Å²) in [5.41, 5.74) is 0.789. The van der Waals surface area contributed by atoms with Gasteiger partial charge in [-0.25, -0.2) is 0 Å². The predicted molar refractivity (Wildman–Crippen MR) is 73.4 cm³/mol. The van der Waals surface area contributed by atoms with Gasteiger partial charge in [-0.1, -0.05) is 38.5 Å². The van der Waals surface area contributed by atoms with Crippen molar-refractivity contribution >= 4 is 5.91 Å². The van der Waals surface area contributed by atoms with Crippen LogP contribution in [0, 0.1) is 5.92 Å². The molecule has 1 amide bonds. The molecule has 1 aromatic rings. The Labute approximate surface area is 109 Å². The van der Waals surface area contributed by atoms with Crippen LogP contribution in [0.3, 0.4) is 0 Å². The third-order valence-corrected chi connectivity index (χ3v) is 3.58. The fourth-order valence-corrected chi connectivity index (χ4v) is 1.85. The summed E-state index contributed by atoms with van der Waals surface area (Å²) < 4.78 is 0. The van der Waals surface area contributed by atoms with E-state index in [9.17, 15) is 9.90 Å². The summed E-state index contributed by atoms with van der Waals surface area (Å²) in [6, 6.07) is 7.06. The summed E-state index contributed by atoms with van der Waals surface area (Å²) in [6.45, 7) is 6.10. The van der Waals surface area contributed by atoms with Gasteiger partial charge in [0, 0.05) is 19.0 Å². The van der Waals surface area contributed by atoms with Crippen molar-refractivity contribution in [2.75, 3.05) is 7.05 Å². The van der Waals surface area contributed by atoms with Gasteiger partial charge in [0.15, 0.2) is 0 Å². The van der Waals surface area contributed by atoms with Crippen molar-refractivity contribution in [1.29, 1.82) is 0 Å². The molecule has 0 saturated heterocycles. The van der Waals surface area contributed by atoms with Crippen LogP contribution in [0.25, 0.3) is 0 Å². The maximum atomic E-state index is 12.1. The van der Waals surface area contributed by atoms with E-state index >= 15 is 0 Å². The lowest BCUT2D eigenvalue weighted by atomic mass is 10.0. The number of nitrogens with zero attached hydrogens (tertiary/aromatic N) is 1. The van der Waals surface area contributed by atoms with Crippen LogP contribution in [0.5, 0.6) is 5.75 Å². The Morgan fingerprint density at radius 1 is 1.33 bits per heavy atom. The number of hydrogen-bond acceptors (Lipinski definition) is 2. The van der Waals surface area contributed by atoms with Crippen molar-refractivity contribution in [2.45, 2.75) is 39.7 Å². The van der Waals surface area contributed by atoms with Crippen LogP contribution in [-0.4, -0.2) is 23.0 Å². The number of aromatic hydroxyl groups is 1. The summed E-state index contributed by atoms with van der Waals surface area (Å²) in [5.74, 6) is 0.768. The fourth-order valence-electron chi connectivity index (χ4n) is 1.85. The van der Waals surface area contributed by atoms with Gasteiger partial charge >= 0.3 is 0 Å². The quantitative estimate of drug-likeness (QED) is 0.869. The van der Waals surface area contributed by atoms with Gasteiger partial charge in [0.05, 0.1) is 6.04 Å². The van der Waals surface area contributed by atoms with Gasteiger partial charge in [-0.15, -0.1) is 0 Å². The molecule has 0 bridgehead atoms. The van der Waals surface area contributed by atoms with Crippen LogP contribution in [0.4, 0.5) is 0 Å². The van der Waals surface area contributed by atoms with Crippen molar-refractivity contribution < 1.29 is 9.90 Å². The molecule has 100 valence electrons. The number of phenols is 1. The van der Waals surface area contributed by atoms with E-state index in [1.807, 2.05) is 19.1 Å². The molecule has 0 aliphatic carbocycles. The number of benzene rings is 1. The number of para-hydroxylation sites is 1. The largest absolute Gasteiger partial charge is 0.508 e. The molecule has 3 heteroatoms. The Morgan fingerprint density at radius 2 is 1.94 bits per heavy atom. The lowest BCUT2D eigenvalue weighted by molar-refractivity contribution is -0.132. The molecule has 3 nitrogen and oxygen atoms in total. The molecular weight excluding hydrogens is 226 g/mol. The zero-order valence-electron chi connectivity index (χ0n) is 11.7. The number of carbonyl (C=O) groups excluding carboxylic acids is 1. The maximum Gasteiger partial charge on any atom is 0.223 e. The SMILES string of the molecule is CCC(C)CC(=O)N(C)C(C)c1ccccc1O. The maximum absolute atomic E-state index is 12.1. The van der Waals surface area contributed by atoms with Crippen LogP contribution in [0.2, 0.25) is 0 Å². The Balaban J connectivity index is 2.75. The summed E-state index contributed by atoms with van der Waals surface area (Å²) >= 11 is 0. The molecule has 0 fully saturated rings. The minimum atomic E-state index is -0.109. The molecule has 0 spiro atoms. The Morgan fingerprint density at radius 3 is 2.50 bits per heavy atom. The summed E-state index contributed by atoms with van der Waals surface area (Å²) in [4.78, 5) is 13.8. The molecule has 0 aliphatic rings. The van der Waals surface area contributed by atoms with Gasteiger partial charge in [0.2, 0.25) is 5.91 Å². The molecule has 2 atom stereocenters. The molecule has 0 radical (unpaired) electrons. The number of hydrogen-bond donors (Lipinski definition) is 1. The summed E-state index contributed by atoms with van der Waals surface area (Å²) in [6.07, 6.45) is 1.56. The highest BCUT2D eigenvalue weighted by Gasteiger charge is 2.20. The van der Waals surface area contributed by atoms with E-state index < -0.39 is 0 Å². The zero-order valence-corrected chi connectivity index (χ0v) is 11.7. The van der Waals surface area contributed by atoms with Gasteiger partial charge < -0.3 is 10.0 Å². The third kappa shape index (κ3) is 3.49. The first-order valence-electron chi connectivity index (χ1n) is 6.50. The van der Waals surface area contributed by atoms with Crippen LogP contribution < -0.4 is 0 Å². The minimum absolute atomic E-state index is 0.109. The monoisotopic (exact) mass is 249 g/mol. The highest BCUT2D eigenvalue weighted by molar-refractivity contribution is 5.76. The van der Waals surface area contributed by atoms with E-state index in [0.29, 0.717) is 12.3 Å². The van der Waals surface area contributed by atoms with Crippen molar-refractivity contribution in [3.63, 3.8) is 0 Å². The highest BCUT2D eigenvalue weighted by Crippen LogP contribution is 2.27. The van der Waals surface area contributed by atoms with Crippen LogP contribution in [0.15, 0.2) is 24.3 Å². The number of rotatable bonds is 5. The molecule has 18 heavy (non-hydrogen) atoms. The molecule has 2 unspecified atom stereocenters. The van der Waals surface area contributed by atoms with Crippen LogP contribution in [-0.2, 0) is 4.79 Å². The number of phenolic OH excluding ortho intramolecular Hbond substituents is 1. The summed E-state index contributed by atoms with van der Waals surface area (Å²) in [5, 5.41) is 9.80. The Hall–Kier alpha value is -1.51. The Bertz CT molecular complexity index is 403. The molecule has 0 heterocycles. The first kappa shape index (κ1) is 14.6. The second kappa shape index (κ2) is 6.43. The average molecular weight is 249 g/mol. The van der Waals surface area contributed by atoms with Gasteiger partial charge in [0.1, 0.15) is 5.75 Å². The normalized spacial score (nSPS) is 14.0. The topological polar surface area (TPSA) is 40.5 Å². The molecule has 0 saturated carbocycles. The van der Waals surface area contributed by atoms with E-state index in [1.54, 1.807) is 24.1 Å². The van der Waals surface area contributed by atoms with Crippen molar-refractivity contribution in [1.82, 2.24) is 4.90 Å². The second-order valence-corrected chi connectivity index (χ2v) is 4.96. The second-order valence-electron chi connectivity index (χ2n) is 4.96. The smallest absolute Gasteiger partial charge is 0.223 e. The van der Waals surface area contributed by atoms with E-state index in [2.05, 4.69) is 13.8 Å². The molecular formula is C15H23NO2. The van der Waals surface area contributed by atoms with Crippen molar-refractivity contribution in [3.8, 4) is 5.75 Å². The van der Waals surface area contributed by atoms with Crippen molar-refractivity contribution in [3.05, 3.63) is 29.8 Å². The van der Waals surface area contributed by atoms with Gasteiger partial charge in [-0.3, -0.25) is 4.79 Å². The van der Waals surface area contributed by atoms with E-state index in [4.69, 9.17) is 0 Å². The molecule has 1 aromatic carbocycles. The highest BCUT2D eigenvalue weighted by atomic mass is 16.3. The summed E-state index contributed by atoms with van der Waals surface area (Å²) in [7, 11) is 1.79. The fraction of sp³-hybridized carbons (Fsp3) is 0.533. The predicted octanol–water partition coefficient (Wildman–Crippen LogP) is 3.35. The minimum Gasteiger partial charge on any atom is -0.508 e. The van der Waals surface area contributed by atoms with Gasteiger partial charge in [-0.2, -0.15) is 0 Å². The molecule has 1 rings (SSSR count). The van der Waals surface area contributed by atoms with Crippen molar-refractivity contribution in [2.24, 2.45) is 5.92 Å². The van der Waals surface area contributed by atoms with Gasteiger partial charge in [-0.05, 0) is 18.9 Å². The lowest BCUT2D eigenvalue weighted by Crippen LogP contribution is -2.30. The molecule has 0 aliphatic heterocycles.